The molecule has 0 radical (unpaired) electrons. The Bertz CT molecular complexity index is 766. The summed E-state index contributed by atoms with van der Waals surface area (Å²) in [5.74, 6) is 0.248. The fraction of sp³-hybridized carbons (Fsp3) is 0.375. The molecule has 0 aromatic carbocycles. The number of nitrogens with zero attached hydrogens (tertiary/aromatic N) is 6. The molecule has 1 N–H and O–H groups in total. The molecule has 2 amide bonds. The number of hydrogen-bond acceptors (Lipinski definition) is 7. The SMILES string of the molecule is O=C(NCCC(=O)N1CCN(c2ncccn2)CC1)c1ncncc1Cl. The number of halogens is 1. The van der Waals surface area contributed by atoms with Gasteiger partial charge in [-0.2, -0.15) is 0 Å². The van der Waals surface area contributed by atoms with Crippen LogP contribution in [0.4, 0.5) is 5.95 Å². The lowest BCUT2D eigenvalue weighted by atomic mass is 10.2. The second-order valence-corrected chi connectivity index (χ2v) is 6.05. The number of hydrogen-bond donors (Lipinski definition) is 1. The molecule has 0 atom stereocenters. The van der Waals surface area contributed by atoms with Crippen LogP contribution < -0.4 is 10.2 Å². The zero-order valence-electron chi connectivity index (χ0n) is 14.0. The van der Waals surface area contributed by atoms with E-state index in [4.69, 9.17) is 11.6 Å². The number of carbonyl (C=O) groups excluding carboxylic acids is 2. The Balaban J connectivity index is 1.42. The van der Waals surface area contributed by atoms with E-state index in [1.807, 2.05) is 4.90 Å². The molecule has 1 aliphatic rings. The lowest BCUT2D eigenvalue weighted by molar-refractivity contribution is -0.131. The van der Waals surface area contributed by atoms with Crippen molar-refractivity contribution in [1.82, 2.24) is 30.2 Å². The van der Waals surface area contributed by atoms with Crippen LogP contribution in [0.5, 0.6) is 0 Å². The third kappa shape index (κ3) is 4.42. The molecule has 0 spiro atoms. The molecule has 2 aromatic heterocycles. The van der Waals surface area contributed by atoms with Crippen molar-refractivity contribution >= 4 is 29.4 Å². The Morgan fingerprint density at radius 2 is 1.85 bits per heavy atom. The molecule has 1 fully saturated rings. The topological polar surface area (TPSA) is 104 Å². The van der Waals surface area contributed by atoms with E-state index in [-0.39, 0.29) is 29.6 Å². The van der Waals surface area contributed by atoms with Crippen LogP contribution in [0.2, 0.25) is 5.02 Å². The molecule has 136 valence electrons. The molecular formula is C16H18ClN7O2. The normalized spacial score (nSPS) is 14.2. The molecule has 2 aromatic rings. The number of anilines is 1. The van der Waals surface area contributed by atoms with Gasteiger partial charge in [0, 0.05) is 57.7 Å². The van der Waals surface area contributed by atoms with Crippen molar-refractivity contribution in [3.05, 3.63) is 41.7 Å². The number of aromatic nitrogens is 4. The number of amides is 2. The summed E-state index contributed by atoms with van der Waals surface area (Å²) in [5.41, 5.74) is 0.102. The zero-order chi connectivity index (χ0) is 18.4. The van der Waals surface area contributed by atoms with E-state index in [2.05, 4.69) is 25.3 Å². The minimum absolute atomic E-state index is 0.00675. The van der Waals surface area contributed by atoms with Crippen molar-refractivity contribution in [3.63, 3.8) is 0 Å². The minimum Gasteiger partial charge on any atom is -0.350 e. The molecule has 3 rings (SSSR count). The van der Waals surface area contributed by atoms with Gasteiger partial charge in [0.25, 0.3) is 5.91 Å². The Labute approximate surface area is 155 Å². The maximum atomic E-state index is 12.3. The Morgan fingerprint density at radius 3 is 2.54 bits per heavy atom. The molecule has 0 saturated carbocycles. The average molecular weight is 376 g/mol. The first-order valence-corrected chi connectivity index (χ1v) is 8.56. The van der Waals surface area contributed by atoms with E-state index >= 15 is 0 Å². The monoisotopic (exact) mass is 375 g/mol. The second-order valence-electron chi connectivity index (χ2n) is 5.64. The molecular weight excluding hydrogens is 358 g/mol. The summed E-state index contributed by atoms with van der Waals surface area (Å²) in [6.45, 7) is 2.78. The highest BCUT2D eigenvalue weighted by Crippen LogP contribution is 2.11. The van der Waals surface area contributed by atoms with Gasteiger partial charge in [-0.25, -0.2) is 19.9 Å². The summed E-state index contributed by atoms with van der Waals surface area (Å²) in [6.07, 6.45) is 6.22. The third-order valence-corrected chi connectivity index (χ3v) is 4.25. The Kier molecular flexibility index (Phi) is 5.90. The first-order valence-electron chi connectivity index (χ1n) is 8.18. The van der Waals surface area contributed by atoms with Gasteiger partial charge in [0.15, 0.2) is 0 Å². The highest BCUT2D eigenvalue weighted by Gasteiger charge is 2.22. The van der Waals surface area contributed by atoms with Crippen LogP contribution in [0.25, 0.3) is 0 Å². The zero-order valence-corrected chi connectivity index (χ0v) is 14.8. The van der Waals surface area contributed by atoms with E-state index in [0.717, 1.165) is 0 Å². The predicted octanol–water partition coefficient (Wildman–Crippen LogP) is 0.389. The first-order chi connectivity index (χ1) is 12.6. The van der Waals surface area contributed by atoms with Gasteiger partial charge in [-0.3, -0.25) is 9.59 Å². The van der Waals surface area contributed by atoms with Crippen molar-refractivity contribution in [2.75, 3.05) is 37.6 Å². The second kappa shape index (κ2) is 8.52. The molecule has 0 unspecified atom stereocenters. The molecule has 9 nitrogen and oxygen atoms in total. The van der Waals surface area contributed by atoms with Gasteiger partial charge in [-0.05, 0) is 6.07 Å². The highest BCUT2D eigenvalue weighted by atomic mass is 35.5. The van der Waals surface area contributed by atoms with Crippen molar-refractivity contribution in [1.29, 1.82) is 0 Å². The van der Waals surface area contributed by atoms with Gasteiger partial charge < -0.3 is 15.1 Å². The molecule has 26 heavy (non-hydrogen) atoms. The number of piperazine rings is 1. The van der Waals surface area contributed by atoms with Crippen LogP contribution in [-0.2, 0) is 4.79 Å². The third-order valence-electron chi connectivity index (χ3n) is 3.97. The van der Waals surface area contributed by atoms with E-state index in [0.29, 0.717) is 32.1 Å². The lowest BCUT2D eigenvalue weighted by Crippen LogP contribution is -2.49. The molecule has 1 saturated heterocycles. The maximum Gasteiger partial charge on any atom is 0.271 e. The van der Waals surface area contributed by atoms with Gasteiger partial charge in [0.2, 0.25) is 11.9 Å². The Hall–Kier alpha value is -2.81. The molecule has 10 heteroatoms. The van der Waals surface area contributed by atoms with Gasteiger partial charge in [0.1, 0.15) is 12.0 Å². The van der Waals surface area contributed by atoms with Gasteiger partial charge in [0.05, 0.1) is 5.02 Å². The highest BCUT2D eigenvalue weighted by molar-refractivity contribution is 6.33. The predicted molar refractivity (Wildman–Crippen MR) is 94.8 cm³/mol. The summed E-state index contributed by atoms with van der Waals surface area (Å²) in [7, 11) is 0. The van der Waals surface area contributed by atoms with Crippen LogP contribution in [0.1, 0.15) is 16.9 Å². The quantitative estimate of drug-likeness (QED) is 0.805. The van der Waals surface area contributed by atoms with E-state index < -0.39 is 5.91 Å². The van der Waals surface area contributed by atoms with Crippen LogP contribution in [0.3, 0.4) is 0 Å². The van der Waals surface area contributed by atoms with Crippen molar-refractivity contribution in [2.24, 2.45) is 0 Å². The van der Waals surface area contributed by atoms with Gasteiger partial charge in [-0.15, -0.1) is 0 Å². The fourth-order valence-corrected chi connectivity index (χ4v) is 2.81. The molecule has 1 aliphatic heterocycles. The number of carbonyl (C=O) groups is 2. The lowest BCUT2D eigenvalue weighted by Gasteiger charge is -2.34. The number of nitrogens with one attached hydrogen (secondary N) is 1. The summed E-state index contributed by atoms with van der Waals surface area (Å²) in [6, 6.07) is 1.77. The molecule has 0 aliphatic carbocycles. The minimum atomic E-state index is -0.420. The number of rotatable bonds is 5. The van der Waals surface area contributed by atoms with Crippen molar-refractivity contribution in [2.45, 2.75) is 6.42 Å². The van der Waals surface area contributed by atoms with E-state index in [1.165, 1.54) is 12.5 Å². The van der Waals surface area contributed by atoms with Crippen LogP contribution >= 0.6 is 11.6 Å². The van der Waals surface area contributed by atoms with Gasteiger partial charge >= 0.3 is 0 Å². The summed E-state index contributed by atoms with van der Waals surface area (Å²) in [4.78, 5) is 44.1. The largest absolute Gasteiger partial charge is 0.350 e. The van der Waals surface area contributed by atoms with Crippen LogP contribution in [0, 0.1) is 0 Å². The van der Waals surface area contributed by atoms with Crippen LogP contribution in [-0.4, -0.2) is 69.4 Å². The van der Waals surface area contributed by atoms with E-state index in [1.54, 1.807) is 23.4 Å². The molecule has 3 heterocycles. The van der Waals surface area contributed by atoms with Gasteiger partial charge in [-0.1, -0.05) is 11.6 Å². The first kappa shape index (κ1) is 18.0. The standard InChI is InChI=1S/C16H18ClN7O2/c17-12-10-18-11-22-14(12)15(26)19-5-2-13(25)23-6-8-24(9-7-23)16-20-3-1-4-21-16/h1,3-4,10-11H,2,5-9H2,(H,19,26). The molecule has 0 bridgehead atoms. The van der Waals surface area contributed by atoms with Crippen molar-refractivity contribution < 1.29 is 9.59 Å². The smallest absolute Gasteiger partial charge is 0.271 e. The Morgan fingerprint density at radius 1 is 1.12 bits per heavy atom. The summed E-state index contributed by atoms with van der Waals surface area (Å²) >= 11 is 5.87. The summed E-state index contributed by atoms with van der Waals surface area (Å²) < 4.78 is 0. The summed E-state index contributed by atoms with van der Waals surface area (Å²) in [5, 5.41) is 2.83. The fourth-order valence-electron chi connectivity index (χ4n) is 2.61. The van der Waals surface area contributed by atoms with Crippen molar-refractivity contribution in [3.8, 4) is 0 Å². The average Bonchev–Trinajstić information content (AvgIpc) is 2.69. The van der Waals surface area contributed by atoms with E-state index in [9.17, 15) is 9.59 Å². The maximum absolute atomic E-state index is 12.3. The van der Waals surface area contributed by atoms with Crippen LogP contribution in [0.15, 0.2) is 31.0 Å².